The highest BCUT2D eigenvalue weighted by molar-refractivity contribution is 7.99. The number of H-pyrrole nitrogens is 1. The largest absolute Gasteiger partial charge is 0.343 e. The molecule has 1 aromatic carbocycles. The minimum absolute atomic E-state index is 0.0146. The van der Waals surface area contributed by atoms with E-state index >= 15 is 0 Å². The van der Waals surface area contributed by atoms with Crippen LogP contribution in [0.15, 0.2) is 34.2 Å². The summed E-state index contributed by atoms with van der Waals surface area (Å²) in [6.07, 6.45) is 1.91. The van der Waals surface area contributed by atoms with Gasteiger partial charge in [-0.1, -0.05) is 49.4 Å². The van der Waals surface area contributed by atoms with Gasteiger partial charge in [-0.05, 0) is 24.5 Å². The van der Waals surface area contributed by atoms with Crippen LogP contribution in [0.5, 0.6) is 0 Å². The maximum atomic E-state index is 12.3. The third-order valence-electron chi connectivity index (χ3n) is 3.88. The number of benzene rings is 1. The Hall–Kier alpha value is -2.02. The number of thioether (sulfide) groups is 1. The number of carbonyl (C=O) groups is 1. The number of rotatable bonds is 8. The Kier molecular flexibility index (Phi) is 6.66. The lowest BCUT2D eigenvalue weighted by molar-refractivity contribution is -0.127. The number of aromatic amines is 1. The van der Waals surface area contributed by atoms with Crippen molar-refractivity contribution in [1.82, 2.24) is 19.7 Å². The maximum absolute atomic E-state index is 12.3. The topological polar surface area (TPSA) is 71.0 Å². The standard InChI is InChI=1S/C17H24N4O2S/c1-4-5-10-21-16(23)18-19-17(21)24-12-15(22)20(3)11-14-9-7-6-8-13(14)2/h6-9H,4-5,10-12H2,1-3H3,(H,18,23). The fraction of sp³-hybridized carbons (Fsp3) is 0.471. The number of hydrogen-bond acceptors (Lipinski definition) is 4. The monoisotopic (exact) mass is 348 g/mol. The van der Waals surface area contributed by atoms with Crippen molar-refractivity contribution in [2.75, 3.05) is 12.8 Å². The molecule has 0 aliphatic carbocycles. The molecule has 0 radical (unpaired) electrons. The van der Waals surface area contributed by atoms with Crippen molar-refractivity contribution < 1.29 is 4.79 Å². The highest BCUT2D eigenvalue weighted by atomic mass is 32.2. The second-order valence-corrected chi connectivity index (χ2v) is 6.72. The summed E-state index contributed by atoms with van der Waals surface area (Å²) in [5.74, 6) is 0.277. The molecule has 0 unspecified atom stereocenters. The molecule has 1 N–H and O–H groups in total. The predicted molar refractivity (Wildman–Crippen MR) is 96.1 cm³/mol. The highest BCUT2D eigenvalue weighted by Crippen LogP contribution is 2.16. The Morgan fingerprint density at radius 1 is 1.38 bits per heavy atom. The van der Waals surface area contributed by atoms with Crippen LogP contribution in [0.4, 0.5) is 0 Å². The van der Waals surface area contributed by atoms with Crippen LogP contribution in [0, 0.1) is 6.92 Å². The first kappa shape index (κ1) is 18.3. The maximum Gasteiger partial charge on any atom is 0.343 e. The van der Waals surface area contributed by atoms with Crippen LogP contribution >= 0.6 is 11.8 Å². The first-order chi connectivity index (χ1) is 11.5. The molecule has 24 heavy (non-hydrogen) atoms. The average molecular weight is 348 g/mol. The van der Waals surface area contributed by atoms with Crippen LogP contribution in [0.25, 0.3) is 0 Å². The van der Waals surface area contributed by atoms with Gasteiger partial charge in [0.25, 0.3) is 0 Å². The van der Waals surface area contributed by atoms with E-state index in [-0.39, 0.29) is 17.3 Å². The van der Waals surface area contributed by atoms with E-state index in [0.29, 0.717) is 18.2 Å². The normalized spacial score (nSPS) is 10.8. The van der Waals surface area contributed by atoms with Crippen LogP contribution in [0.3, 0.4) is 0 Å². The second-order valence-electron chi connectivity index (χ2n) is 5.78. The molecule has 0 spiro atoms. The van der Waals surface area contributed by atoms with E-state index < -0.39 is 0 Å². The SMILES string of the molecule is CCCCn1c(SCC(=O)N(C)Cc2ccccc2C)n[nH]c1=O. The van der Waals surface area contributed by atoms with E-state index in [1.54, 1.807) is 16.5 Å². The zero-order valence-corrected chi connectivity index (χ0v) is 15.2. The number of hydrogen-bond donors (Lipinski definition) is 1. The summed E-state index contributed by atoms with van der Waals surface area (Å²) in [7, 11) is 1.80. The molecule has 2 aromatic rings. The van der Waals surface area contributed by atoms with Crippen LogP contribution < -0.4 is 5.69 Å². The number of nitrogens with one attached hydrogen (secondary N) is 1. The summed E-state index contributed by atoms with van der Waals surface area (Å²) in [6, 6.07) is 8.04. The fourth-order valence-electron chi connectivity index (χ4n) is 2.29. The highest BCUT2D eigenvalue weighted by Gasteiger charge is 2.14. The van der Waals surface area contributed by atoms with Crippen molar-refractivity contribution in [3.05, 3.63) is 45.9 Å². The summed E-state index contributed by atoms with van der Waals surface area (Å²) in [5, 5.41) is 7.05. The van der Waals surface area contributed by atoms with Crippen LogP contribution in [-0.4, -0.2) is 38.4 Å². The lowest BCUT2D eigenvalue weighted by Gasteiger charge is -2.18. The van der Waals surface area contributed by atoms with Gasteiger partial charge in [-0.3, -0.25) is 9.36 Å². The zero-order valence-electron chi connectivity index (χ0n) is 14.4. The van der Waals surface area contributed by atoms with Gasteiger partial charge < -0.3 is 4.90 Å². The van der Waals surface area contributed by atoms with Crippen molar-refractivity contribution in [3.8, 4) is 0 Å². The van der Waals surface area contributed by atoms with E-state index in [1.165, 1.54) is 17.3 Å². The molecule has 0 atom stereocenters. The molecule has 0 fully saturated rings. The number of aromatic nitrogens is 3. The first-order valence-corrected chi connectivity index (χ1v) is 9.08. The zero-order chi connectivity index (χ0) is 17.5. The molecule has 7 heteroatoms. The van der Waals surface area contributed by atoms with Gasteiger partial charge in [-0.15, -0.1) is 5.10 Å². The third-order valence-corrected chi connectivity index (χ3v) is 4.84. The number of unbranched alkanes of at least 4 members (excludes halogenated alkanes) is 1. The van der Waals surface area contributed by atoms with E-state index in [1.807, 2.05) is 31.2 Å². The van der Waals surface area contributed by atoms with Gasteiger partial charge in [-0.25, -0.2) is 9.89 Å². The van der Waals surface area contributed by atoms with Crippen LogP contribution in [0.1, 0.15) is 30.9 Å². The molecule has 130 valence electrons. The average Bonchev–Trinajstić information content (AvgIpc) is 2.92. The molecule has 0 bridgehead atoms. The second kappa shape index (κ2) is 8.73. The van der Waals surface area contributed by atoms with Gasteiger partial charge in [0.05, 0.1) is 5.75 Å². The van der Waals surface area contributed by atoms with Crippen molar-refractivity contribution in [1.29, 1.82) is 0 Å². The van der Waals surface area contributed by atoms with Gasteiger partial charge >= 0.3 is 5.69 Å². The smallest absolute Gasteiger partial charge is 0.341 e. The van der Waals surface area contributed by atoms with Crippen LogP contribution in [-0.2, 0) is 17.9 Å². The Balaban J connectivity index is 1.93. The van der Waals surface area contributed by atoms with E-state index in [9.17, 15) is 9.59 Å². The van der Waals surface area contributed by atoms with Gasteiger partial charge in [0.15, 0.2) is 5.16 Å². The summed E-state index contributed by atoms with van der Waals surface area (Å²) in [4.78, 5) is 25.8. The molecule has 0 aliphatic heterocycles. The fourth-order valence-corrected chi connectivity index (χ4v) is 3.21. The predicted octanol–water partition coefficient (Wildman–Crippen LogP) is 2.43. The molecule has 0 aliphatic rings. The third kappa shape index (κ3) is 4.74. The van der Waals surface area contributed by atoms with Gasteiger partial charge in [0.2, 0.25) is 5.91 Å². The van der Waals surface area contributed by atoms with E-state index in [2.05, 4.69) is 17.1 Å². The lowest BCUT2D eigenvalue weighted by Crippen LogP contribution is -2.28. The number of nitrogens with zero attached hydrogens (tertiary/aromatic N) is 3. The Bertz CT molecular complexity index is 738. The van der Waals surface area contributed by atoms with Crippen molar-refractivity contribution in [2.45, 2.75) is 44.9 Å². The van der Waals surface area contributed by atoms with Crippen molar-refractivity contribution >= 4 is 17.7 Å². The van der Waals surface area contributed by atoms with Crippen molar-refractivity contribution in [3.63, 3.8) is 0 Å². The van der Waals surface area contributed by atoms with Gasteiger partial charge in [0, 0.05) is 20.1 Å². The van der Waals surface area contributed by atoms with Crippen LogP contribution in [0.2, 0.25) is 0 Å². The van der Waals surface area contributed by atoms with Gasteiger partial charge in [0.1, 0.15) is 0 Å². The molecule has 6 nitrogen and oxygen atoms in total. The van der Waals surface area contributed by atoms with E-state index in [4.69, 9.17) is 0 Å². The number of aryl methyl sites for hydroxylation is 1. The lowest BCUT2D eigenvalue weighted by atomic mass is 10.1. The minimum Gasteiger partial charge on any atom is -0.341 e. The Labute approximate surface area is 146 Å². The molecule has 1 aromatic heterocycles. The molecule has 0 saturated heterocycles. The quantitative estimate of drug-likeness (QED) is 0.744. The number of carbonyl (C=O) groups excluding carboxylic acids is 1. The summed E-state index contributed by atoms with van der Waals surface area (Å²) in [6.45, 7) is 5.32. The molecule has 1 amide bonds. The summed E-state index contributed by atoms with van der Waals surface area (Å²) < 4.78 is 1.60. The van der Waals surface area contributed by atoms with E-state index in [0.717, 1.165) is 18.4 Å². The minimum atomic E-state index is -0.216. The number of amides is 1. The van der Waals surface area contributed by atoms with Crippen molar-refractivity contribution in [2.24, 2.45) is 0 Å². The molecule has 2 rings (SSSR count). The summed E-state index contributed by atoms with van der Waals surface area (Å²) in [5.41, 5.74) is 2.09. The summed E-state index contributed by atoms with van der Waals surface area (Å²) >= 11 is 1.30. The Morgan fingerprint density at radius 3 is 2.83 bits per heavy atom. The molecular formula is C17H24N4O2S. The first-order valence-electron chi connectivity index (χ1n) is 8.09. The van der Waals surface area contributed by atoms with Gasteiger partial charge in [-0.2, -0.15) is 0 Å². The molecular weight excluding hydrogens is 324 g/mol. The molecule has 1 heterocycles. The Morgan fingerprint density at radius 2 is 2.12 bits per heavy atom. The molecule has 0 saturated carbocycles.